The molecular formula is C22H15ClF4N4O2. The van der Waals surface area contributed by atoms with Crippen molar-refractivity contribution in [2.24, 2.45) is 0 Å². The SMILES string of the molecule is CCOC(=O)c1cc2nc(-c3cc(F)c(F)c(F)c3)cc(N(C)c3c(F)cccc3Cl)n2n1. The van der Waals surface area contributed by atoms with Gasteiger partial charge in [-0.2, -0.15) is 9.61 Å². The number of halogens is 5. The van der Waals surface area contributed by atoms with Gasteiger partial charge in [0, 0.05) is 24.7 Å². The third-order valence-corrected chi connectivity index (χ3v) is 5.09. The van der Waals surface area contributed by atoms with E-state index in [0.29, 0.717) is 0 Å². The van der Waals surface area contributed by atoms with Gasteiger partial charge in [0.1, 0.15) is 11.6 Å². The van der Waals surface area contributed by atoms with Crippen molar-refractivity contribution in [1.82, 2.24) is 14.6 Å². The van der Waals surface area contributed by atoms with E-state index in [1.165, 1.54) is 46.8 Å². The average molecular weight is 479 g/mol. The Kier molecular flexibility index (Phi) is 5.94. The van der Waals surface area contributed by atoms with E-state index in [1.807, 2.05) is 0 Å². The molecule has 0 aliphatic rings. The lowest BCUT2D eigenvalue weighted by Crippen LogP contribution is -2.17. The molecule has 2 aromatic carbocycles. The van der Waals surface area contributed by atoms with Crippen LogP contribution >= 0.6 is 11.6 Å². The van der Waals surface area contributed by atoms with Crippen LogP contribution in [0.2, 0.25) is 5.02 Å². The molecule has 170 valence electrons. The molecule has 11 heteroatoms. The average Bonchev–Trinajstić information content (AvgIpc) is 3.21. The summed E-state index contributed by atoms with van der Waals surface area (Å²) in [5, 5.41) is 4.27. The molecule has 0 atom stereocenters. The van der Waals surface area contributed by atoms with E-state index in [9.17, 15) is 22.4 Å². The molecular weight excluding hydrogens is 464 g/mol. The third-order valence-electron chi connectivity index (χ3n) is 4.79. The zero-order chi connectivity index (χ0) is 23.9. The van der Waals surface area contributed by atoms with Gasteiger partial charge in [-0.3, -0.25) is 0 Å². The van der Waals surface area contributed by atoms with Crippen molar-refractivity contribution in [1.29, 1.82) is 0 Å². The predicted octanol–water partition coefficient (Wildman–Crippen LogP) is 5.55. The number of anilines is 2. The Labute approximate surface area is 190 Å². The first-order valence-electron chi connectivity index (χ1n) is 9.61. The smallest absolute Gasteiger partial charge is 0.358 e. The molecule has 2 heterocycles. The lowest BCUT2D eigenvalue weighted by Gasteiger charge is -2.22. The summed E-state index contributed by atoms with van der Waals surface area (Å²) in [6.45, 7) is 1.73. The number of fused-ring (bicyclic) bond motifs is 1. The summed E-state index contributed by atoms with van der Waals surface area (Å²) >= 11 is 6.20. The molecule has 0 saturated heterocycles. The fourth-order valence-electron chi connectivity index (χ4n) is 3.28. The minimum atomic E-state index is -1.62. The normalized spacial score (nSPS) is 11.1. The maximum atomic E-state index is 14.6. The summed E-state index contributed by atoms with van der Waals surface area (Å²) in [5.41, 5.74) is -0.0727. The Bertz CT molecular complexity index is 1350. The van der Waals surface area contributed by atoms with Crippen LogP contribution in [0.1, 0.15) is 17.4 Å². The van der Waals surface area contributed by atoms with Gasteiger partial charge in [-0.05, 0) is 31.2 Å². The van der Waals surface area contributed by atoms with Crippen molar-refractivity contribution < 1.29 is 27.1 Å². The predicted molar refractivity (Wildman–Crippen MR) is 114 cm³/mol. The Morgan fingerprint density at radius 1 is 1.09 bits per heavy atom. The summed E-state index contributed by atoms with van der Waals surface area (Å²) < 4.78 is 62.0. The van der Waals surface area contributed by atoms with E-state index in [4.69, 9.17) is 16.3 Å². The third kappa shape index (κ3) is 4.09. The summed E-state index contributed by atoms with van der Waals surface area (Å²) in [4.78, 5) is 17.8. The largest absolute Gasteiger partial charge is 0.461 e. The van der Waals surface area contributed by atoms with Gasteiger partial charge in [-0.1, -0.05) is 17.7 Å². The van der Waals surface area contributed by atoms with E-state index in [-0.39, 0.29) is 45.7 Å². The first-order chi connectivity index (χ1) is 15.7. The maximum absolute atomic E-state index is 14.6. The van der Waals surface area contributed by atoms with Crippen LogP contribution in [-0.2, 0) is 4.74 Å². The number of para-hydroxylation sites is 1. The van der Waals surface area contributed by atoms with Crippen LogP contribution in [0.5, 0.6) is 0 Å². The van der Waals surface area contributed by atoms with Gasteiger partial charge in [0.05, 0.1) is 23.0 Å². The Morgan fingerprint density at radius 3 is 2.42 bits per heavy atom. The lowest BCUT2D eigenvalue weighted by molar-refractivity contribution is 0.0519. The molecule has 0 aliphatic carbocycles. The van der Waals surface area contributed by atoms with Crippen LogP contribution in [0, 0.1) is 23.3 Å². The van der Waals surface area contributed by atoms with Crippen LogP contribution in [0.25, 0.3) is 16.9 Å². The van der Waals surface area contributed by atoms with Gasteiger partial charge in [0.2, 0.25) is 0 Å². The zero-order valence-corrected chi connectivity index (χ0v) is 18.0. The van der Waals surface area contributed by atoms with Crippen molar-refractivity contribution >= 4 is 34.7 Å². The van der Waals surface area contributed by atoms with Gasteiger partial charge < -0.3 is 9.64 Å². The minimum Gasteiger partial charge on any atom is -0.461 e. The van der Waals surface area contributed by atoms with E-state index < -0.39 is 29.2 Å². The Morgan fingerprint density at radius 2 is 1.79 bits per heavy atom. The molecule has 4 aromatic rings. The number of aromatic nitrogens is 3. The van der Waals surface area contributed by atoms with Gasteiger partial charge in [-0.25, -0.2) is 27.3 Å². The van der Waals surface area contributed by atoms with Gasteiger partial charge in [0.15, 0.2) is 28.8 Å². The van der Waals surface area contributed by atoms with Gasteiger partial charge in [0.25, 0.3) is 0 Å². The molecule has 0 radical (unpaired) electrons. The molecule has 2 aromatic heterocycles. The number of hydrogen-bond donors (Lipinski definition) is 0. The molecule has 0 aliphatic heterocycles. The number of carbonyl (C=O) groups is 1. The Balaban J connectivity index is 1.97. The fourth-order valence-corrected chi connectivity index (χ4v) is 3.57. The first kappa shape index (κ1) is 22.5. The van der Waals surface area contributed by atoms with Gasteiger partial charge >= 0.3 is 5.97 Å². The topological polar surface area (TPSA) is 59.7 Å². The second-order valence-electron chi connectivity index (χ2n) is 6.90. The van der Waals surface area contributed by atoms with Crippen molar-refractivity contribution in [2.45, 2.75) is 6.92 Å². The first-order valence-corrected chi connectivity index (χ1v) is 9.99. The van der Waals surface area contributed by atoms with E-state index in [2.05, 4.69) is 10.1 Å². The van der Waals surface area contributed by atoms with Crippen LogP contribution in [0.3, 0.4) is 0 Å². The second kappa shape index (κ2) is 8.70. The highest BCUT2D eigenvalue weighted by Crippen LogP contribution is 2.35. The molecule has 0 saturated carbocycles. The summed E-state index contributed by atoms with van der Waals surface area (Å²) in [6, 6.07) is 8.32. The molecule has 0 bridgehead atoms. The number of ether oxygens (including phenoxy) is 1. The molecule has 0 spiro atoms. The summed E-state index contributed by atoms with van der Waals surface area (Å²) in [6.07, 6.45) is 0. The van der Waals surface area contributed by atoms with Crippen molar-refractivity contribution in [3.8, 4) is 11.3 Å². The van der Waals surface area contributed by atoms with Crippen LogP contribution in [0.15, 0.2) is 42.5 Å². The standard InChI is InChI=1S/C22H15ClF4N4O2/c1-3-33-22(32)17-9-18-28-16(11-7-14(25)20(27)15(26)8-11)10-19(31(18)29-17)30(2)21-12(23)5-4-6-13(21)24/h4-10H,3H2,1-2H3. The quantitative estimate of drug-likeness (QED) is 0.214. The van der Waals surface area contributed by atoms with E-state index >= 15 is 0 Å². The number of rotatable bonds is 5. The fraction of sp³-hybridized carbons (Fsp3) is 0.136. The Hall–Kier alpha value is -3.66. The number of carbonyl (C=O) groups excluding carboxylic acids is 1. The van der Waals surface area contributed by atoms with Crippen molar-refractivity contribution in [3.05, 3.63) is 76.5 Å². The van der Waals surface area contributed by atoms with E-state index in [0.717, 1.165) is 12.1 Å². The molecule has 0 amide bonds. The van der Waals surface area contributed by atoms with Crippen LogP contribution in [0.4, 0.5) is 29.1 Å². The molecule has 0 fully saturated rings. The van der Waals surface area contributed by atoms with Gasteiger partial charge in [-0.15, -0.1) is 0 Å². The number of hydrogen-bond acceptors (Lipinski definition) is 5. The second-order valence-corrected chi connectivity index (χ2v) is 7.31. The number of nitrogens with zero attached hydrogens (tertiary/aromatic N) is 4. The number of esters is 1. The van der Waals surface area contributed by atoms with E-state index in [1.54, 1.807) is 6.92 Å². The summed E-state index contributed by atoms with van der Waals surface area (Å²) in [7, 11) is 1.49. The molecule has 4 rings (SSSR count). The minimum absolute atomic E-state index is 0.0118. The molecule has 6 nitrogen and oxygen atoms in total. The lowest BCUT2D eigenvalue weighted by atomic mass is 10.1. The molecule has 0 N–H and O–H groups in total. The van der Waals surface area contributed by atoms with Crippen molar-refractivity contribution in [2.75, 3.05) is 18.6 Å². The van der Waals surface area contributed by atoms with Crippen LogP contribution < -0.4 is 4.90 Å². The summed E-state index contributed by atoms with van der Waals surface area (Å²) in [5.74, 6) is -5.64. The monoisotopic (exact) mass is 478 g/mol. The highest BCUT2D eigenvalue weighted by molar-refractivity contribution is 6.33. The molecule has 33 heavy (non-hydrogen) atoms. The number of benzene rings is 2. The van der Waals surface area contributed by atoms with Crippen molar-refractivity contribution in [3.63, 3.8) is 0 Å². The highest BCUT2D eigenvalue weighted by atomic mass is 35.5. The maximum Gasteiger partial charge on any atom is 0.358 e. The highest BCUT2D eigenvalue weighted by Gasteiger charge is 2.22. The van der Waals surface area contributed by atoms with Crippen LogP contribution in [-0.4, -0.2) is 34.2 Å². The molecule has 0 unspecified atom stereocenters. The zero-order valence-electron chi connectivity index (χ0n) is 17.2.